The third-order valence-corrected chi connectivity index (χ3v) is 6.12. The smallest absolute Gasteiger partial charge is 0.191 e. The highest BCUT2D eigenvalue weighted by molar-refractivity contribution is 5.80. The van der Waals surface area contributed by atoms with E-state index in [1.807, 2.05) is 25.5 Å². The zero-order valence-corrected chi connectivity index (χ0v) is 18.4. The fraction of sp³-hybridized carbons (Fsp3) is 0.857. The molecule has 8 nitrogen and oxygen atoms in total. The Labute approximate surface area is 174 Å². The van der Waals surface area contributed by atoms with Gasteiger partial charge in [-0.15, -0.1) is 10.2 Å². The number of aliphatic imine (C=N–C) groups is 1. The van der Waals surface area contributed by atoms with Gasteiger partial charge in [0.1, 0.15) is 12.4 Å². The molecule has 1 spiro atoms. The molecule has 0 radical (unpaired) electrons. The molecule has 0 amide bonds. The first-order valence-corrected chi connectivity index (χ1v) is 11.2. The Morgan fingerprint density at radius 3 is 2.86 bits per heavy atom. The van der Waals surface area contributed by atoms with Crippen molar-refractivity contribution in [2.75, 3.05) is 26.4 Å². The van der Waals surface area contributed by atoms with Gasteiger partial charge in [0, 0.05) is 39.5 Å². The second-order valence-electron chi connectivity index (χ2n) is 8.29. The number of nitrogens with zero attached hydrogens (tertiary/aromatic N) is 4. The zero-order chi connectivity index (χ0) is 20.5. The van der Waals surface area contributed by atoms with Crippen molar-refractivity contribution in [3.05, 3.63) is 11.6 Å². The Morgan fingerprint density at radius 2 is 2.14 bits per heavy atom. The summed E-state index contributed by atoms with van der Waals surface area (Å²) in [4.78, 5) is 4.80. The number of aryl methyl sites for hydroxylation is 1. The van der Waals surface area contributed by atoms with Gasteiger partial charge in [0.15, 0.2) is 11.8 Å². The molecule has 2 heterocycles. The van der Waals surface area contributed by atoms with Gasteiger partial charge in [0.25, 0.3) is 0 Å². The minimum Gasteiger partial charge on any atom is -0.382 e. The number of ether oxygens (including phenoxy) is 2. The monoisotopic (exact) mass is 406 g/mol. The highest BCUT2D eigenvalue weighted by atomic mass is 16.5. The van der Waals surface area contributed by atoms with Crippen molar-refractivity contribution in [2.45, 2.75) is 83.4 Å². The molecule has 2 aliphatic rings. The van der Waals surface area contributed by atoms with Crippen molar-refractivity contribution in [2.24, 2.45) is 12.0 Å². The van der Waals surface area contributed by atoms with Crippen molar-refractivity contribution in [3.63, 3.8) is 0 Å². The largest absolute Gasteiger partial charge is 0.382 e. The topological polar surface area (TPSA) is 85.6 Å². The maximum Gasteiger partial charge on any atom is 0.191 e. The lowest BCUT2D eigenvalue weighted by Gasteiger charge is -2.44. The van der Waals surface area contributed by atoms with Crippen LogP contribution in [-0.4, -0.2) is 58.7 Å². The Morgan fingerprint density at radius 1 is 1.31 bits per heavy atom. The molecule has 2 N–H and O–H groups in total. The van der Waals surface area contributed by atoms with E-state index < -0.39 is 0 Å². The Balaban J connectivity index is 1.60. The number of hydrogen-bond donors (Lipinski definition) is 2. The van der Waals surface area contributed by atoms with Crippen LogP contribution in [0.5, 0.6) is 0 Å². The van der Waals surface area contributed by atoms with Crippen molar-refractivity contribution in [1.82, 2.24) is 25.4 Å². The van der Waals surface area contributed by atoms with Gasteiger partial charge in [-0.05, 0) is 46.0 Å². The van der Waals surface area contributed by atoms with Gasteiger partial charge in [0.2, 0.25) is 0 Å². The van der Waals surface area contributed by atoms with Crippen LogP contribution in [0.2, 0.25) is 0 Å². The average Bonchev–Trinajstić information content (AvgIpc) is 3.04. The number of aromatic nitrogens is 3. The van der Waals surface area contributed by atoms with Gasteiger partial charge < -0.3 is 24.7 Å². The van der Waals surface area contributed by atoms with Crippen LogP contribution in [0.25, 0.3) is 0 Å². The molecular formula is C21H38N6O2. The molecule has 1 aliphatic heterocycles. The van der Waals surface area contributed by atoms with E-state index in [9.17, 15) is 0 Å². The van der Waals surface area contributed by atoms with Crippen LogP contribution >= 0.6 is 0 Å². The Bertz CT molecular complexity index is 648. The summed E-state index contributed by atoms with van der Waals surface area (Å²) in [6.45, 7) is 7.67. The van der Waals surface area contributed by atoms with E-state index in [4.69, 9.17) is 14.5 Å². The van der Waals surface area contributed by atoms with Crippen molar-refractivity contribution in [3.8, 4) is 0 Å². The van der Waals surface area contributed by atoms with E-state index in [-0.39, 0.29) is 5.60 Å². The fourth-order valence-electron chi connectivity index (χ4n) is 4.31. The highest BCUT2D eigenvalue weighted by Gasteiger charge is 2.38. The molecular weight excluding hydrogens is 368 g/mol. The summed E-state index contributed by atoms with van der Waals surface area (Å²) in [6, 6.07) is 0.390. The van der Waals surface area contributed by atoms with Crippen LogP contribution in [0.15, 0.2) is 4.99 Å². The molecule has 1 aromatic heterocycles. The third kappa shape index (κ3) is 6.40. The van der Waals surface area contributed by atoms with Crippen LogP contribution in [-0.2, 0) is 23.1 Å². The van der Waals surface area contributed by atoms with E-state index in [0.717, 1.165) is 63.2 Å². The highest BCUT2D eigenvalue weighted by Crippen LogP contribution is 2.38. The summed E-state index contributed by atoms with van der Waals surface area (Å²) in [5.41, 5.74) is 0.0783. The Hall–Kier alpha value is -1.67. The quantitative estimate of drug-likeness (QED) is 0.392. The van der Waals surface area contributed by atoms with Gasteiger partial charge in [-0.3, -0.25) is 0 Å². The number of hydrogen-bond acceptors (Lipinski definition) is 5. The molecule has 1 saturated carbocycles. The maximum atomic E-state index is 6.25. The summed E-state index contributed by atoms with van der Waals surface area (Å²) in [7, 11) is 1.98. The molecule has 164 valence electrons. The maximum absolute atomic E-state index is 6.25. The van der Waals surface area contributed by atoms with Crippen LogP contribution in [0.4, 0.5) is 0 Å². The minimum atomic E-state index is 0.0783. The fourth-order valence-corrected chi connectivity index (χ4v) is 4.31. The lowest BCUT2D eigenvalue weighted by Crippen LogP contribution is -2.52. The van der Waals surface area contributed by atoms with Crippen LogP contribution < -0.4 is 10.6 Å². The predicted molar refractivity (Wildman–Crippen MR) is 114 cm³/mol. The van der Waals surface area contributed by atoms with Gasteiger partial charge in [-0.25, -0.2) is 4.99 Å². The van der Waals surface area contributed by atoms with Crippen molar-refractivity contribution < 1.29 is 9.47 Å². The first-order chi connectivity index (χ1) is 14.1. The van der Waals surface area contributed by atoms with E-state index in [1.54, 1.807) is 0 Å². The third-order valence-electron chi connectivity index (χ3n) is 6.12. The molecule has 8 heteroatoms. The van der Waals surface area contributed by atoms with Crippen molar-refractivity contribution >= 4 is 5.96 Å². The number of rotatable bonds is 8. The average molecular weight is 407 g/mol. The minimum absolute atomic E-state index is 0.0783. The van der Waals surface area contributed by atoms with E-state index in [2.05, 4.69) is 20.8 Å². The molecule has 0 aromatic carbocycles. The summed E-state index contributed by atoms with van der Waals surface area (Å²) >= 11 is 0. The van der Waals surface area contributed by atoms with E-state index >= 15 is 0 Å². The Kier molecular flexibility index (Phi) is 8.29. The van der Waals surface area contributed by atoms with Crippen LogP contribution in [0.1, 0.15) is 69.9 Å². The van der Waals surface area contributed by atoms with Crippen LogP contribution in [0.3, 0.4) is 0 Å². The molecule has 1 saturated heterocycles. The summed E-state index contributed by atoms with van der Waals surface area (Å²) in [5, 5.41) is 15.5. The molecule has 1 aromatic rings. The molecule has 1 unspecified atom stereocenters. The second-order valence-corrected chi connectivity index (χ2v) is 8.29. The molecule has 1 aliphatic carbocycles. The molecule has 0 bridgehead atoms. The lowest BCUT2D eigenvalue weighted by atomic mass is 9.78. The number of nitrogens with one attached hydrogen (secondary N) is 2. The molecule has 2 fully saturated rings. The molecule has 29 heavy (non-hydrogen) atoms. The summed E-state index contributed by atoms with van der Waals surface area (Å²) < 4.78 is 13.7. The standard InChI is InChI=1S/C21H38N6O2/c1-4-28-13-8-12-22-20(23-16-19-26-25-17(2)27(19)3)24-18-9-14-29-21(15-18)10-6-5-7-11-21/h18H,4-16H2,1-3H3,(H2,22,23,24). The molecule has 3 rings (SSSR count). The zero-order valence-electron chi connectivity index (χ0n) is 18.4. The van der Waals surface area contributed by atoms with E-state index in [1.165, 1.54) is 32.1 Å². The van der Waals surface area contributed by atoms with Gasteiger partial charge in [0.05, 0.1) is 5.60 Å². The van der Waals surface area contributed by atoms with Gasteiger partial charge in [-0.2, -0.15) is 0 Å². The van der Waals surface area contributed by atoms with Gasteiger partial charge in [-0.1, -0.05) is 19.3 Å². The number of guanidine groups is 1. The second kappa shape index (κ2) is 10.9. The SMILES string of the molecule is CCOCCCNC(=NCc1nnc(C)n1C)NC1CCOC2(CCCCC2)C1. The van der Waals surface area contributed by atoms with Crippen molar-refractivity contribution in [1.29, 1.82) is 0 Å². The first-order valence-electron chi connectivity index (χ1n) is 11.2. The van der Waals surface area contributed by atoms with Crippen LogP contribution in [0, 0.1) is 6.92 Å². The first kappa shape index (κ1) is 22.0. The van der Waals surface area contributed by atoms with Gasteiger partial charge >= 0.3 is 0 Å². The predicted octanol–water partition coefficient (Wildman–Crippen LogP) is 2.47. The summed E-state index contributed by atoms with van der Waals surface area (Å²) in [6.07, 6.45) is 9.34. The van der Waals surface area contributed by atoms with E-state index in [0.29, 0.717) is 12.6 Å². The summed E-state index contributed by atoms with van der Waals surface area (Å²) in [5.74, 6) is 2.62. The lowest BCUT2D eigenvalue weighted by molar-refractivity contribution is -0.107. The normalized spacial score (nSPS) is 22.0. The molecule has 1 atom stereocenters.